The van der Waals surface area contributed by atoms with Crippen molar-refractivity contribution < 1.29 is 0 Å². The smallest absolute Gasteiger partial charge is 0.00921 e. The number of nitrogens with zero attached hydrogens (tertiary/aromatic N) is 1. The summed E-state index contributed by atoms with van der Waals surface area (Å²) in [5.74, 6) is 0.959. The van der Waals surface area contributed by atoms with Gasteiger partial charge in [-0.1, -0.05) is 39.5 Å². The molecule has 0 N–H and O–H groups in total. The standard InChI is InChI=1S/C14H29N/c1-4-8-14-11-6-5-9-13(2)10-7-12-15(14)3/h13-14H,4-12H2,1-3H3. The summed E-state index contributed by atoms with van der Waals surface area (Å²) in [7, 11) is 2.33. The third-order valence-corrected chi connectivity index (χ3v) is 3.94. The lowest BCUT2D eigenvalue weighted by molar-refractivity contribution is 0.197. The second-order valence-corrected chi connectivity index (χ2v) is 5.45. The first-order chi connectivity index (χ1) is 7.24. The highest BCUT2D eigenvalue weighted by Gasteiger charge is 2.15. The van der Waals surface area contributed by atoms with Crippen molar-refractivity contribution in [1.82, 2.24) is 4.90 Å². The van der Waals surface area contributed by atoms with Gasteiger partial charge in [-0.15, -0.1) is 0 Å². The molecular weight excluding hydrogens is 182 g/mol. The number of rotatable bonds is 2. The highest BCUT2D eigenvalue weighted by Crippen LogP contribution is 2.21. The van der Waals surface area contributed by atoms with Crippen molar-refractivity contribution in [2.75, 3.05) is 13.6 Å². The van der Waals surface area contributed by atoms with Crippen LogP contribution in [0.15, 0.2) is 0 Å². The first-order valence-corrected chi connectivity index (χ1v) is 6.94. The van der Waals surface area contributed by atoms with Crippen LogP contribution >= 0.6 is 0 Å². The van der Waals surface area contributed by atoms with Gasteiger partial charge in [0.25, 0.3) is 0 Å². The maximum absolute atomic E-state index is 2.61. The van der Waals surface area contributed by atoms with E-state index in [1.165, 1.54) is 57.9 Å². The van der Waals surface area contributed by atoms with Gasteiger partial charge >= 0.3 is 0 Å². The average Bonchev–Trinajstić information content (AvgIpc) is 2.22. The van der Waals surface area contributed by atoms with Crippen LogP contribution in [0.2, 0.25) is 0 Å². The Morgan fingerprint density at radius 1 is 1.07 bits per heavy atom. The van der Waals surface area contributed by atoms with Gasteiger partial charge in [-0.05, 0) is 45.2 Å². The van der Waals surface area contributed by atoms with Crippen molar-refractivity contribution in [3.63, 3.8) is 0 Å². The maximum atomic E-state index is 2.61. The lowest BCUT2D eigenvalue weighted by Crippen LogP contribution is -2.33. The molecule has 2 atom stereocenters. The predicted octanol–water partition coefficient (Wildman–Crippen LogP) is 4.08. The predicted molar refractivity (Wildman–Crippen MR) is 68.2 cm³/mol. The molecule has 2 unspecified atom stereocenters. The molecule has 1 heterocycles. The lowest BCUT2D eigenvalue weighted by atomic mass is 9.94. The molecule has 0 aromatic carbocycles. The monoisotopic (exact) mass is 211 g/mol. The van der Waals surface area contributed by atoms with Crippen LogP contribution < -0.4 is 0 Å². The minimum absolute atomic E-state index is 0.864. The van der Waals surface area contributed by atoms with E-state index >= 15 is 0 Å². The maximum Gasteiger partial charge on any atom is 0.00921 e. The fourth-order valence-corrected chi connectivity index (χ4v) is 2.81. The quantitative estimate of drug-likeness (QED) is 0.665. The van der Waals surface area contributed by atoms with Crippen molar-refractivity contribution in [2.45, 2.75) is 71.3 Å². The Morgan fingerprint density at radius 2 is 1.73 bits per heavy atom. The van der Waals surface area contributed by atoms with Crippen LogP contribution in [0.5, 0.6) is 0 Å². The Bertz CT molecular complexity index is 155. The van der Waals surface area contributed by atoms with Gasteiger partial charge in [0.1, 0.15) is 0 Å². The number of hydrogen-bond acceptors (Lipinski definition) is 1. The van der Waals surface area contributed by atoms with E-state index in [9.17, 15) is 0 Å². The van der Waals surface area contributed by atoms with Crippen LogP contribution in [-0.4, -0.2) is 24.5 Å². The molecule has 1 nitrogen and oxygen atoms in total. The molecule has 0 aromatic heterocycles. The first-order valence-electron chi connectivity index (χ1n) is 6.94. The summed E-state index contributed by atoms with van der Waals surface area (Å²) in [6.45, 7) is 6.05. The molecule has 0 bridgehead atoms. The van der Waals surface area contributed by atoms with Crippen molar-refractivity contribution in [3.8, 4) is 0 Å². The van der Waals surface area contributed by atoms with Crippen LogP contribution in [-0.2, 0) is 0 Å². The first kappa shape index (κ1) is 13.0. The summed E-state index contributed by atoms with van der Waals surface area (Å²) < 4.78 is 0. The molecule has 0 aliphatic carbocycles. The van der Waals surface area contributed by atoms with Gasteiger partial charge in [-0.3, -0.25) is 0 Å². The van der Waals surface area contributed by atoms with Gasteiger partial charge < -0.3 is 4.90 Å². The zero-order valence-corrected chi connectivity index (χ0v) is 11.0. The zero-order chi connectivity index (χ0) is 11.1. The zero-order valence-electron chi connectivity index (χ0n) is 11.0. The molecule has 15 heavy (non-hydrogen) atoms. The third kappa shape index (κ3) is 5.01. The third-order valence-electron chi connectivity index (χ3n) is 3.94. The van der Waals surface area contributed by atoms with E-state index in [2.05, 4.69) is 25.8 Å². The van der Waals surface area contributed by atoms with Gasteiger partial charge in [-0.25, -0.2) is 0 Å². The highest BCUT2D eigenvalue weighted by molar-refractivity contribution is 4.71. The highest BCUT2D eigenvalue weighted by atomic mass is 15.1. The molecule has 1 saturated heterocycles. The second-order valence-electron chi connectivity index (χ2n) is 5.45. The largest absolute Gasteiger partial charge is 0.303 e. The van der Waals surface area contributed by atoms with Gasteiger partial charge in [0, 0.05) is 6.04 Å². The second kappa shape index (κ2) is 7.27. The van der Waals surface area contributed by atoms with E-state index in [-0.39, 0.29) is 0 Å². The Kier molecular flexibility index (Phi) is 6.31. The Labute approximate surface area is 96.2 Å². The molecule has 1 aliphatic rings. The summed E-state index contributed by atoms with van der Waals surface area (Å²) in [4.78, 5) is 2.61. The minimum atomic E-state index is 0.864. The average molecular weight is 211 g/mol. The van der Waals surface area contributed by atoms with Gasteiger partial charge in [0.05, 0.1) is 0 Å². The Morgan fingerprint density at radius 3 is 2.47 bits per heavy atom. The summed E-state index contributed by atoms with van der Waals surface area (Å²) >= 11 is 0. The van der Waals surface area contributed by atoms with Crippen LogP contribution in [0.4, 0.5) is 0 Å². The van der Waals surface area contributed by atoms with Crippen LogP contribution in [0.3, 0.4) is 0 Å². The Balaban J connectivity index is 2.38. The fourth-order valence-electron chi connectivity index (χ4n) is 2.81. The van der Waals surface area contributed by atoms with E-state index in [0.717, 1.165) is 12.0 Å². The van der Waals surface area contributed by atoms with Crippen molar-refractivity contribution in [3.05, 3.63) is 0 Å². The van der Waals surface area contributed by atoms with E-state index in [1.807, 2.05) is 0 Å². The molecule has 0 amide bonds. The van der Waals surface area contributed by atoms with Crippen molar-refractivity contribution >= 4 is 0 Å². The molecule has 0 spiro atoms. The van der Waals surface area contributed by atoms with Gasteiger partial charge in [0.2, 0.25) is 0 Å². The molecule has 0 radical (unpaired) electrons. The van der Waals surface area contributed by atoms with Crippen molar-refractivity contribution in [2.24, 2.45) is 5.92 Å². The minimum Gasteiger partial charge on any atom is -0.303 e. The van der Waals surface area contributed by atoms with Crippen molar-refractivity contribution in [1.29, 1.82) is 0 Å². The van der Waals surface area contributed by atoms with Crippen LogP contribution in [0.25, 0.3) is 0 Å². The van der Waals surface area contributed by atoms with Crippen LogP contribution in [0, 0.1) is 5.92 Å². The number of hydrogen-bond donors (Lipinski definition) is 0. The molecule has 90 valence electrons. The molecule has 1 rings (SSSR count). The SMILES string of the molecule is CCCC1CCCCC(C)CCCN1C. The molecule has 1 fully saturated rings. The van der Waals surface area contributed by atoms with E-state index in [4.69, 9.17) is 0 Å². The lowest BCUT2D eigenvalue weighted by Gasteiger charge is -2.29. The van der Waals surface area contributed by atoms with Gasteiger partial charge in [0.15, 0.2) is 0 Å². The molecule has 0 aromatic rings. The van der Waals surface area contributed by atoms with E-state index in [0.29, 0.717) is 0 Å². The molecule has 1 heteroatoms. The summed E-state index contributed by atoms with van der Waals surface area (Å²) in [6, 6.07) is 0.864. The summed E-state index contributed by atoms with van der Waals surface area (Å²) in [5, 5.41) is 0. The van der Waals surface area contributed by atoms with E-state index in [1.54, 1.807) is 0 Å². The summed E-state index contributed by atoms with van der Waals surface area (Å²) in [5.41, 5.74) is 0. The molecular formula is C14H29N. The molecule has 1 aliphatic heterocycles. The summed E-state index contributed by atoms with van der Waals surface area (Å²) in [6.07, 6.45) is 11.4. The fraction of sp³-hybridized carbons (Fsp3) is 1.00. The molecule has 0 saturated carbocycles. The van der Waals surface area contributed by atoms with Gasteiger partial charge in [-0.2, -0.15) is 0 Å². The topological polar surface area (TPSA) is 3.24 Å². The van der Waals surface area contributed by atoms with E-state index < -0.39 is 0 Å². The Hall–Kier alpha value is -0.0400. The van der Waals surface area contributed by atoms with Crippen LogP contribution in [0.1, 0.15) is 65.2 Å². The normalized spacial score (nSPS) is 31.4.